The Labute approximate surface area is 312 Å². The molecule has 0 aliphatic rings. The lowest BCUT2D eigenvalue weighted by Gasteiger charge is -2.19. The number of nitrogens with zero attached hydrogens (tertiary/aromatic N) is 4. The van der Waals surface area contributed by atoms with Gasteiger partial charge in [0.1, 0.15) is 46.3 Å². The van der Waals surface area contributed by atoms with Crippen molar-refractivity contribution in [3.63, 3.8) is 0 Å². The average Bonchev–Trinajstić information content (AvgIpc) is 3.88. The standard InChI is InChI=1S/2C22H19N3O2/c2*1-27-18-11-7-10-17(14-18)24-21(16-8-3-2-4-9-16)22(26)19-15-23-20-12-5-6-13-25(19)20/h2*2-15,21,24H,1H3. The predicted molar refractivity (Wildman–Crippen MR) is 211 cm³/mol. The summed E-state index contributed by atoms with van der Waals surface area (Å²) in [5.74, 6) is 1.36. The van der Waals surface area contributed by atoms with Crippen LogP contribution >= 0.6 is 0 Å². The lowest BCUT2D eigenvalue weighted by Crippen LogP contribution is -2.22. The van der Waals surface area contributed by atoms with Gasteiger partial charge in [0.05, 0.1) is 26.6 Å². The van der Waals surface area contributed by atoms with Gasteiger partial charge in [0.15, 0.2) is 0 Å². The van der Waals surface area contributed by atoms with Crippen molar-refractivity contribution in [3.05, 3.63) is 193 Å². The maximum Gasteiger partial charge on any atom is 0.207 e. The molecule has 54 heavy (non-hydrogen) atoms. The smallest absolute Gasteiger partial charge is 0.207 e. The number of ether oxygens (including phenoxy) is 2. The Morgan fingerprint density at radius 2 is 0.926 bits per heavy atom. The Kier molecular flexibility index (Phi) is 10.7. The molecule has 2 atom stereocenters. The zero-order valence-electron chi connectivity index (χ0n) is 29.7. The molecule has 268 valence electrons. The fourth-order valence-electron chi connectivity index (χ4n) is 6.18. The third kappa shape index (κ3) is 7.83. The minimum atomic E-state index is -0.543. The number of benzene rings is 4. The molecule has 0 fully saturated rings. The summed E-state index contributed by atoms with van der Waals surface area (Å²) < 4.78 is 14.2. The Hall–Kier alpha value is -7.20. The summed E-state index contributed by atoms with van der Waals surface area (Å²) in [6, 6.07) is 44.7. The Morgan fingerprint density at radius 3 is 1.33 bits per heavy atom. The van der Waals surface area contributed by atoms with Crippen LogP contribution in [0.4, 0.5) is 11.4 Å². The molecule has 0 radical (unpaired) electrons. The molecule has 0 saturated carbocycles. The van der Waals surface area contributed by atoms with Gasteiger partial charge in [-0.25, -0.2) is 9.97 Å². The first-order chi connectivity index (χ1) is 26.5. The second-order valence-electron chi connectivity index (χ2n) is 12.3. The van der Waals surface area contributed by atoms with Crippen LogP contribution in [-0.2, 0) is 0 Å². The predicted octanol–water partition coefficient (Wildman–Crippen LogP) is 8.76. The van der Waals surface area contributed by atoms with Gasteiger partial charge < -0.3 is 20.1 Å². The van der Waals surface area contributed by atoms with Crippen LogP contribution in [0.25, 0.3) is 11.3 Å². The number of aromatic nitrogens is 4. The van der Waals surface area contributed by atoms with Crippen LogP contribution in [0, 0.1) is 0 Å². The highest BCUT2D eigenvalue weighted by molar-refractivity contribution is 6.02. The maximum atomic E-state index is 13.4. The van der Waals surface area contributed by atoms with Gasteiger partial charge in [-0.05, 0) is 59.7 Å². The molecule has 10 nitrogen and oxygen atoms in total. The van der Waals surface area contributed by atoms with Gasteiger partial charge in [0.25, 0.3) is 0 Å². The Bertz CT molecular complexity index is 2320. The van der Waals surface area contributed by atoms with Crippen LogP contribution in [-0.4, -0.2) is 44.6 Å². The van der Waals surface area contributed by atoms with Crippen molar-refractivity contribution in [1.29, 1.82) is 0 Å². The van der Waals surface area contributed by atoms with E-state index in [1.165, 1.54) is 0 Å². The molecule has 0 spiro atoms. The number of hydrogen-bond donors (Lipinski definition) is 2. The fraction of sp³-hybridized carbons (Fsp3) is 0.0909. The van der Waals surface area contributed by atoms with E-state index in [-0.39, 0.29) is 11.6 Å². The second kappa shape index (κ2) is 16.4. The normalized spacial score (nSPS) is 11.9. The molecule has 0 aliphatic heterocycles. The van der Waals surface area contributed by atoms with Crippen molar-refractivity contribution in [3.8, 4) is 11.5 Å². The van der Waals surface area contributed by atoms with Crippen LogP contribution in [0.2, 0.25) is 0 Å². The molecule has 2 unspecified atom stereocenters. The lowest BCUT2D eigenvalue weighted by molar-refractivity contribution is 0.0956. The average molecular weight is 715 g/mol. The van der Waals surface area contributed by atoms with E-state index >= 15 is 0 Å². The molecule has 0 amide bonds. The number of anilines is 2. The van der Waals surface area contributed by atoms with Crippen molar-refractivity contribution in [2.24, 2.45) is 0 Å². The molecule has 0 bridgehead atoms. The van der Waals surface area contributed by atoms with Gasteiger partial charge in [0.2, 0.25) is 11.6 Å². The van der Waals surface area contributed by atoms with Crippen LogP contribution in [0.5, 0.6) is 11.5 Å². The highest BCUT2D eigenvalue weighted by Gasteiger charge is 2.26. The number of rotatable bonds is 12. The Balaban J connectivity index is 0.000000167. The highest BCUT2D eigenvalue weighted by Crippen LogP contribution is 2.28. The summed E-state index contributed by atoms with van der Waals surface area (Å²) in [6.45, 7) is 0. The first kappa shape index (κ1) is 35.2. The number of carbonyl (C=O) groups excluding carboxylic acids is 2. The van der Waals surface area contributed by atoms with E-state index in [0.29, 0.717) is 11.4 Å². The number of imidazole rings is 2. The maximum absolute atomic E-state index is 13.4. The Morgan fingerprint density at radius 1 is 0.519 bits per heavy atom. The van der Waals surface area contributed by atoms with E-state index < -0.39 is 12.1 Å². The van der Waals surface area contributed by atoms with E-state index in [1.54, 1.807) is 26.6 Å². The van der Waals surface area contributed by atoms with Gasteiger partial charge in [0, 0.05) is 35.9 Å². The minimum absolute atomic E-state index is 0.0530. The molecule has 8 rings (SSSR count). The molecule has 0 saturated heterocycles. The minimum Gasteiger partial charge on any atom is -0.497 e. The molecule has 8 aromatic rings. The summed E-state index contributed by atoms with van der Waals surface area (Å²) in [5.41, 5.74) is 5.95. The third-order valence-electron chi connectivity index (χ3n) is 8.89. The molecule has 0 aliphatic carbocycles. The van der Waals surface area contributed by atoms with Crippen LogP contribution < -0.4 is 20.1 Å². The molecular weight excluding hydrogens is 677 g/mol. The van der Waals surface area contributed by atoms with Crippen LogP contribution in [0.15, 0.2) is 170 Å². The summed E-state index contributed by atoms with van der Waals surface area (Å²) >= 11 is 0. The van der Waals surface area contributed by atoms with Gasteiger partial charge in [-0.2, -0.15) is 0 Å². The SMILES string of the molecule is COc1cccc(NC(C(=O)c2cnc3ccccn23)c2ccccc2)c1.COc1cccc(NC(C(=O)c2cnc3ccccn23)c2ccccc2)c1. The van der Waals surface area contributed by atoms with Crippen LogP contribution in [0.3, 0.4) is 0 Å². The number of Topliss-reactive ketones (excluding diaryl/α,β-unsaturated/α-hetero) is 2. The van der Waals surface area contributed by atoms with Crippen molar-refractivity contribution >= 4 is 34.2 Å². The van der Waals surface area contributed by atoms with Gasteiger partial charge >= 0.3 is 0 Å². The van der Waals surface area contributed by atoms with Crippen molar-refractivity contribution < 1.29 is 19.1 Å². The largest absolute Gasteiger partial charge is 0.497 e. The van der Waals surface area contributed by atoms with Gasteiger partial charge in [-0.3, -0.25) is 18.4 Å². The third-order valence-corrected chi connectivity index (χ3v) is 8.89. The summed E-state index contributed by atoms with van der Waals surface area (Å²) in [6.07, 6.45) is 6.95. The number of hydrogen-bond acceptors (Lipinski definition) is 8. The summed E-state index contributed by atoms with van der Waals surface area (Å²) in [5, 5.41) is 6.70. The number of ketones is 2. The van der Waals surface area contributed by atoms with Crippen molar-refractivity contribution in [2.45, 2.75) is 12.1 Å². The molecule has 10 heteroatoms. The van der Waals surface area contributed by atoms with Gasteiger partial charge in [-0.1, -0.05) is 84.9 Å². The number of pyridine rings is 2. The van der Waals surface area contributed by atoms with E-state index in [2.05, 4.69) is 20.6 Å². The monoisotopic (exact) mass is 714 g/mol. The molecule has 4 aromatic carbocycles. The highest BCUT2D eigenvalue weighted by atomic mass is 16.5. The second-order valence-corrected chi connectivity index (χ2v) is 12.3. The number of fused-ring (bicyclic) bond motifs is 2. The summed E-state index contributed by atoms with van der Waals surface area (Å²) in [4.78, 5) is 35.5. The van der Waals surface area contributed by atoms with E-state index in [1.807, 2.05) is 167 Å². The number of nitrogens with one attached hydrogen (secondary N) is 2. The quantitative estimate of drug-likeness (QED) is 0.121. The molecule has 4 aromatic heterocycles. The lowest BCUT2D eigenvalue weighted by atomic mass is 10.0. The molecular formula is C44H38N6O4. The van der Waals surface area contributed by atoms with E-state index in [0.717, 1.165) is 45.3 Å². The summed E-state index contributed by atoms with van der Waals surface area (Å²) in [7, 11) is 3.24. The van der Waals surface area contributed by atoms with E-state index in [4.69, 9.17) is 9.47 Å². The topological polar surface area (TPSA) is 111 Å². The molecule has 4 heterocycles. The zero-order valence-corrected chi connectivity index (χ0v) is 29.7. The van der Waals surface area contributed by atoms with Gasteiger partial charge in [-0.15, -0.1) is 0 Å². The number of methoxy groups -OCH3 is 2. The number of carbonyl (C=O) groups is 2. The van der Waals surface area contributed by atoms with Crippen LogP contribution in [0.1, 0.15) is 44.2 Å². The first-order valence-electron chi connectivity index (χ1n) is 17.4. The molecule has 2 N–H and O–H groups in total. The zero-order chi connectivity index (χ0) is 37.3. The fourth-order valence-corrected chi connectivity index (χ4v) is 6.18. The first-order valence-corrected chi connectivity index (χ1v) is 17.4. The van der Waals surface area contributed by atoms with Crippen molar-refractivity contribution in [1.82, 2.24) is 18.8 Å². The van der Waals surface area contributed by atoms with Crippen molar-refractivity contribution in [2.75, 3.05) is 24.9 Å². The van der Waals surface area contributed by atoms with E-state index in [9.17, 15) is 9.59 Å².